The van der Waals surface area contributed by atoms with Gasteiger partial charge in [-0.25, -0.2) is 4.98 Å². The van der Waals surface area contributed by atoms with E-state index in [2.05, 4.69) is 23.8 Å². The van der Waals surface area contributed by atoms with E-state index in [1.165, 1.54) is 12.4 Å². The smallest absolute Gasteiger partial charge is 0.274 e. The minimum Gasteiger partial charge on any atom is -0.336 e. The number of carbonyl (C=O) groups excluding carboxylic acids is 1. The number of amides is 1. The van der Waals surface area contributed by atoms with Crippen LogP contribution in [0.25, 0.3) is 0 Å². The Kier molecular flexibility index (Phi) is 6.18. The van der Waals surface area contributed by atoms with Crippen LogP contribution in [0.2, 0.25) is 5.15 Å². The van der Waals surface area contributed by atoms with Crippen LogP contribution in [0.4, 0.5) is 0 Å². The molecule has 106 valence electrons. The molecule has 0 unspecified atom stereocenters. The molecule has 0 aliphatic heterocycles. The van der Waals surface area contributed by atoms with Gasteiger partial charge in [0.2, 0.25) is 0 Å². The zero-order valence-electron chi connectivity index (χ0n) is 11.9. The molecule has 0 aliphatic carbocycles. The Hall–Kier alpha value is -1.20. The van der Waals surface area contributed by atoms with E-state index < -0.39 is 0 Å². The number of nitrogens with zero attached hydrogens (tertiary/aromatic N) is 4. The average Bonchev–Trinajstić information content (AvgIpc) is 2.33. The molecule has 0 atom stereocenters. The fraction of sp³-hybridized carbons (Fsp3) is 0.615. The topological polar surface area (TPSA) is 49.3 Å². The second-order valence-electron chi connectivity index (χ2n) is 5.18. The molecular formula is C13H21ClN4O. The molecule has 1 amide bonds. The van der Waals surface area contributed by atoms with E-state index >= 15 is 0 Å². The van der Waals surface area contributed by atoms with Gasteiger partial charge in [-0.05, 0) is 20.0 Å². The number of hydrogen-bond donors (Lipinski definition) is 0. The first-order chi connectivity index (χ1) is 8.90. The largest absolute Gasteiger partial charge is 0.336 e. The third kappa shape index (κ3) is 5.53. The molecule has 0 radical (unpaired) electrons. The highest BCUT2D eigenvalue weighted by atomic mass is 35.5. The van der Waals surface area contributed by atoms with Gasteiger partial charge < -0.3 is 9.80 Å². The van der Waals surface area contributed by atoms with Crippen molar-refractivity contribution in [2.45, 2.75) is 13.8 Å². The van der Waals surface area contributed by atoms with Gasteiger partial charge in [0.15, 0.2) is 0 Å². The Morgan fingerprint density at radius 1 is 1.32 bits per heavy atom. The summed E-state index contributed by atoms with van der Waals surface area (Å²) in [6, 6.07) is 0. The number of rotatable bonds is 6. The highest BCUT2D eigenvalue weighted by Crippen LogP contribution is 2.08. The maximum absolute atomic E-state index is 12.4. The van der Waals surface area contributed by atoms with Gasteiger partial charge in [-0.2, -0.15) is 0 Å². The van der Waals surface area contributed by atoms with Crippen molar-refractivity contribution in [2.24, 2.45) is 5.92 Å². The summed E-state index contributed by atoms with van der Waals surface area (Å²) in [6.07, 6.45) is 2.88. The van der Waals surface area contributed by atoms with Crippen LogP contribution in [0.15, 0.2) is 12.4 Å². The third-order valence-electron chi connectivity index (χ3n) is 2.51. The lowest BCUT2D eigenvalue weighted by molar-refractivity contribution is 0.0718. The molecule has 0 aromatic carbocycles. The van der Waals surface area contributed by atoms with E-state index in [0.717, 1.165) is 6.54 Å². The quantitative estimate of drug-likeness (QED) is 0.799. The predicted molar refractivity (Wildman–Crippen MR) is 76.3 cm³/mol. The van der Waals surface area contributed by atoms with Crippen LogP contribution in [0.5, 0.6) is 0 Å². The van der Waals surface area contributed by atoms with Gasteiger partial charge in [-0.15, -0.1) is 0 Å². The SMILES string of the molecule is CC(C)CN(CCN(C)C)C(=O)c1cncc(Cl)n1. The fourth-order valence-corrected chi connectivity index (χ4v) is 1.79. The van der Waals surface area contributed by atoms with Gasteiger partial charge in [0.05, 0.1) is 12.4 Å². The molecule has 0 fully saturated rings. The predicted octanol–water partition coefficient (Wildman–Crippen LogP) is 1.79. The summed E-state index contributed by atoms with van der Waals surface area (Å²) < 4.78 is 0. The molecular weight excluding hydrogens is 264 g/mol. The lowest BCUT2D eigenvalue weighted by Gasteiger charge is -2.25. The maximum Gasteiger partial charge on any atom is 0.274 e. The van der Waals surface area contributed by atoms with Crippen LogP contribution in [0, 0.1) is 5.92 Å². The van der Waals surface area contributed by atoms with Crippen molar-refractivity contribution >= 4 is 17.5 Å². The first-order valence-corrected chi connectivity index (χ1v) is 6.69. The molecule has 0 N–H and O–H groups in total. The zero-order valence-corrected chi connectivity index (χ0v) is 12.7. The standard InChI is InChI=1S/C13H21ClN4O/c1-10(2)9-18(6-5-17(3)4)13(19)11-7-15-8-12(14)16-11/h7-8,10H,5-6,9H2,1-4H3. The summed E-state index contributed by atoms with van der Waals surface area (Å²) in [7, 11) is 3.97. The third-order valence-corrected chi connectivity index (χ3v) is 2.70. The highest BCUT2D eigenvalue weighted by Gasteiger charge is 2.18. The first kappa shape index (κ1) is 15.9. The van der Waals surface area contributed by atoms with Crippen molar-refractivity contribution < 1.29 is 4.79 Å². The second kappa shape index (κ2) is 7.40. The average molecular weight is 285 g/mol. The number of carbonyl (C=O) groups is 1. The van der Waals surface area contributed by atoms with Crippen LogP contribution >= 0.6 is 11.6 Å². The van der Waals surface area contributed by atoms with Gasteiger partial charge in [0.25, 0.3) is 5.91 Å². The summed E-state index contributed by atoms with van der Waals surface area (Å²) in [5, 5.41) is 0.239. The van der Waals surface area contributed by atoms with Gasteiger partial charge in [-0.1, -0.05) is 25.4 Å². The van der Waals surface area contributed by atoms with E-state index in [0.29, 0.717) is 24.7 Å². The normalized spacial score (nSPS) is 11.1. The maximum atomic E-state index is 12.4. The molecule has 1 aromatic rings. The molecule has 0 bridgehead atoms. The minimum atomic E-state index is -0.120. The van der Waals surface area contributed by atoms with Gasteiger partial charge >= 0.3 is 0 Å². The molecule has 1 heterocycles. The first-order valence-electron chi connectivity index (χ1n) is 6.31. The monoisotopic (exact) mass is 284 g/mol. The Balaban J connectivity index is 2.81. The summed E-state index contributed by atoms with van der Waals surface area (Å²) in [6.45, 7) is 6.34. The van der Waals surface area contributed by atoms with E-state index in [4.69, 9.17) is 11.6 Å². The zero-order chi connectivity index (χ0) is 14.4. The Morgan fingerprint density at radius 3 is 2.53 bits per heavy atom. The Morgan fingerprint density at radius 2 is 2.00 bits per heavy atom. The second-order valence-corrected chi connectivity index (χ2v) is 5.56. The van der Waals surface area contributed by atoms with Crippen molar-refractivity contribution in [2.75, 3.05) is 33.7 Å². The van der Waals surface area contributed by atoms with Gasteiger partial charge in [0, 0.05) is 19.6 Å². The van der Waals surface area contributed by atoms with Crippen molar-refractivity contribution in [1.29, 1.82) is 0 Å². The Bertz CT molecular complexity index is 423. The van der Waals surface area contributed by atoms with Crippen molar-refractivity contribution in [3.05, 3.63) is 23.2 Å². The van der Waals surface area contributed by atoms with Gasteiger partial charge in [-0.3, -0.25) is 9.78 Å². The van der Waals surface area contributed by atoms with Crippen LogP contribution < -0.4 is 0 Å². The molecule has 5 nitrogen and oxygen atoms in total. The van der Waals surface area contributed by atoms with E-state index in [1.807, 2.05) is 19.0 Å². The molecule has 0 aliphatic rings. The highest BCUT2D eigenvalue weighted by molar-refractivity contribution is 6.29. The lowest BCUT2D eigenvalue weighted by Crippen LogP contribution is -2.39. The summed E-state index contributed by atoms with van der Waals surface area (Å²) in [5.41, 5.74) is 0.298. The molecule has 0 saturated carbocycles. The molecule has 1 aromatic heterocycles. The molecule has 6 heteroatoms. The van der Waals surface area contributed by atoms with E-state index in [1.54, 1.807) is 4.90 Å². The number of hydrogen-bond acceptors (Lipinski definition) is 4. The van der Waals surface area contributed by atoms with E-state index in [9.17, 15) is 4.79 Å². The molecule has 0 spiro atoms. The Labute approximate surface area is 119 Å². The van der Waals surface area contributed by atoms with Crippen LogP contribution in [-0.2, 0) is 0 Å². The van der Waals surface area contributed by atoms with Crippen LogP contribution in [-0.4, -0.2) is 59.4 Å². The number of aromatic nitrogens is 2. The lowest BCUT2D eigenvalue weighted by atomic mass is 10.2. The number of halogens is 1. The van der Waals surface area contributed by atoms with Crippen LogP contribution in [0.3, 0.4) is 0 Å². The van der Waals surface area contributed by atoms with Crippen molar-refractivity contribution in [3.63, 3.8) is 0 Å². The molecule has 19 heavy (non-hydrogen) atoms. The fourth-order valence-electron chi connectivity index (χ4n) is 1.64. The molecule has 1 rings (SSSR count). The summed E-state index contributed by atoms with van der Waals surface area (Å²) >= 11 is 5.77. The summed E-state index contributed by atoms with van der Waals surface area (Å²) in [4.78, 5) is 24.2. The minimum absolute atomic E-state index is 0.120. The van der Waals surface area contributed by atoms with Crippen molar-refractivity contribution in [3.8, 4) is 0 Å². The van der Waals surface area contributed by atoms with Gasteiger partial charge in [0.1, 0.15) is 10.8 Å². The molecule has 0 saturated heterocycles. The summed E-state index contributed by atoms with van der Waals surface area (Å²) in [5.74, 6) is 0.281. The number of likely N-dealkylation sites (N-methyl/N-ethyl adjacent to an activating group) is 1. The van der Waals surface area contributed by atoms with Crippen LogP contribution in [0.1, 0.15) is 24.3 Å². The van der Waals surface area contributed by atoms with Crippen molar-refractivity contribution in [1.82, 2.24) is 19.8 Å². The van der Waals surface area contributed by atoms with E-state index in [-0.39, 0.29) is 11.1 Å².